The van der Waals surface area contributed by atoms with Crippen LogP contribution in [0.3, 0.4) is 0 Å². The molecule has 2 aromatic rings. The summed E-state index contributed by atoms with van der Waals surface area (Å²) in [5, 5.41) is 5.66. The minimum Gasteiger partial charge on any atom is -0.380 e. The molecule has 0 radical (unpaired) electrons. The lowest BCUT2D eigenvalue weighted by Gasteiger charge is -2.10. The van der Waals surface area contributed by atoms with Crippen LogP contribution < -0.4 is 5.32 Å². The lowest BCUT2D eigenvalue weighted by molar-refractivity contribution is 1.15. The molecule has 1 aromatic heterocycles. The van der Waals surface area contributed by atoms with Crippen molar-refractivity contribution in [1.29, 1.82) is 0 Å². The predicted molar refractivity (Wildman–Crippen MR) is 72.3 cm³/mol. The quantitative estimate of drug-likeness (QED) is 0.831. The number of thiophene rings is 1. The number of benzene rings is 1. The van der Waals surface area contributed by atoms with Crippen molar-refractivity contribution in [3.05, 3.63) is 51.2 Å². The summed E-state index contributed by atoms with van der Waals surface area (Å²) in [5.41, 5.74) is 5.23. The van der Waals surface area contributed by atoms with Gasteiger partial charge in [0.2, 0.25) is 0 Å². The Morgan fingerprint density at radius 1 is 1.06 bits per heavy atom. The molecule has 2 rings (SSSR count). The van der Waals surface area contributed by atoms with Gasteiger partial charge in [0.25, 0.3) is 0 Å². The van der Waals surface area contributed by atoms with E-state index in [4.69, 9.17) is 0 Å². The van der Waals surface area contributed by atoms with Gasteiger partial charge < -0.3 is 5.32 Å². The summed E-state index contributed by atoms with van der Waals surface area (Å²) in [6.45, 7) is 7.36. The van der Waals surface area contributed by atoms with Gasteiger partial charge in [0, 0.05) is 17.1 Å². The summed E-state index contributed by atoms with van der Waals surface area (Å²) in [6, 6.07) is 8.69. The first kappa shape index (κ1) is 11.2. The van der Waals surface area contributed by atoms with E-state index in [2.05, 4.69) is 55.7 Å². The highest BCUT2D eigenvalue weighted by molar-refractivity contribution is 7.10. The maximum absolute atomic E-state index is 3.51. The zero-order chi connectivity index (χ0) is 11.5. The molecule has 1 aromatic carbocycles. The van der Waals surface area contributed by atoms with Crippen LogP contribution >= 0.6 is 11.3 Å². The monoisotopic (exact) mass is 231 g/mol. The van der Waals surface area contributed by atoms with E-state index in [-0.39, 0.29) is 0 Å². The zero-order valence-corrected chi connectivity index (χ0v) is 10.8. The first-order valence-corrected chi connectivity index (χ1v) is 6.39. The predicted octanol–water partition coefficient (Wildman–Crippen LogP) is 4.29. The van der Waals surface area contributed by atoms with Gasteiger partial charge in [-0.1, -0.05) is 12.1 Å². The van der Waals surface area contributed by atoms with Gasteiger partial charge >= 0.3 is 0 Å². The molecule has 0 fully saturated rings. The molecule has 0 aliphatic heterocycles. The number of nitrogens with one attached hydrogen (secondary N) is 1. The highest BCUT2D eigenvalue weighted by atomic mass is 32.1. The van der Waals surface area contributed by atoms with Gasteiger partial charge in [-0.2, -0.15) is 0 Å². The van der Waals surface area contributed by atoms with Crippen molar-refractivity contribution in [2.45, 2.75) is 27.3 Å². The van der Waals surface area contributed by atoms with Crippen molar-refractivity contribution in [1.82, 2.24) is 0 Å². The molecular weight excluding hydrogens is 214 g/mol. The molecule has 0 saturated heterocycles. The molecule has 0 atom stereocenters. The van der Waals surface area contributed by atoms with E-state index in [1.807, 2.05) is 11.3 Å². The number of hydrogen-bond donors (Lipinski definition) is 1. The van der Waals surface area contributed by atoms with Crippen molar-refractivity contribution >= 4 is 17.0 Å². The fraction of sp³-hybridized carbons (Fsp3) is 0.286. The van der Waals surface area contributed by atoms with Gasteiger partial charge in [0.15, 0.2) is 0 Å². The Balaban J connectivity index is 2.10. The first-order chi connectivity index (χ1) is 7.66. The maximum Gasteiger partial charge on any atom is 0.0496 e. The smallest absolute Gasteiger partial charge is 0.0496 e. The molecule has 0 unspecified atom stereocenters. The molecule has 84 valence electrons. The van der Waals surface area contributed by atoms with Crippen molar-refractivity contribution in [2.24, 2.45) is 0 Å². The lowest BCUT2D eigenvalue weighted by Crippen LogP contribution is -2.00. The average molecular weight is 231 g/mol. The third kappa shape index (κ3) is 2.45. The minimum atomic E-state index is 0.924. The number of hydrogen-bond acceptors (Lipinski definition) is 2. The van der Waals surface area contributed by atoms with Crippen LogP contribution in [0.4, 0.5) is 5.69 Å². The lowest BCUT2D eigenvalue weighted by atomic mass is 10.1. The highest BCUT2D eigenvalue weighted by Crippen LogP contribution is 2.20. The summed E-state index contributed by atoms with van der Waals surface area (Å²) < 4.78 is 0. The average Bonchev–Trinajstić information content (AvgIpc) is 2.66. The number of rotatable bonds is 3. The van der Waals surface area contributed by atoms with Gasteiger partial charge in [-0.05, 0) is 55.0 Å². The number of anilines is 1. The van der Waals surface area contributed by atoms with E-state index in [9.17, 15) is 0 Å². The Kier molecular flexibility index (Phi) is 3.30. The van der Waals surface area contributed by atoms with Crippen LogP contribution in [0.1, 0.15) is 21.6 Å². The molecule has 1 N–H and O–H groups in total. The van der Waals surface area contributed by atoms with Crippen LogP contribution in [0.5, 0.6) is 0 Å². The molecule has 0 bridgehead atoms. The Morgan fingerprint density at radius 3 is 2.56 bits per heavy atom. The van der Waals surface area contributed by atoms with Crippen molar-refractivity contribution < 1.29 is 0 Å². The van der Waals surface area contributed by atoms with Gasteiger partial charge in [-0.15, -0.1) is 11.3 Å². The topological polar surface area (TPSA) is 12.0 Å². The standard InChI is InChI=1S/C14H17NS/c1-10-4-5-11(2)13(8-10)15-9-14-12(3)6-7-16-14/h4-8,15H,9H2,1-3H3. The van der Waals surface area contributed by atoms with Gasteiger partial charge in [0.1, 0.15) is 0 Å². The molecule has 0 aliphatic rings. The molecule has 0 saturated carbocycles. The molecule has 0 amide bonds. The summed E-state index contributed by atoms with van der Waals surface area (Å²) in [7, 11) is 0. The zero-order valence-electron chi connectivity index (χ0n) is 10.0. The fourth-order valence-electron chi connectivity index (χ4n) is 1.69. The highest BCUT2D eigenvalue weighted by Gasteiger charge is 2.01. The second-order valence-electron chi connectivity index (χ2n) is 4.20. The first-order valence-electron chi connectivity index (χ1n) is 5.51. The van der Waals surface area contributed by atoms with Crippen molar-refractivity contribution in [3.63, 3.8) is 0 Å². The third-order valence-electron chi connectivity index (χ3n) is 2.80. The molecule has 1 nitrogen and oxygen atoms in total. The molecule has 0 spiro atoms. The summed E-state index contributed by atoms with van der Waals surface area (Å²) in [5.74, 6) is 0. The minimum absolute atomic E-state index is 0.924. The normalized spacial score (nSPS) is 10.4. The summed E-state index contributed by atoms with van der Waals surface area (Å²) in [6.07, 6.45) is 0. The second kappa shape index (κ2) is 4.71. The van der Waals surface area contributed by atoms with Crippen LogP contribution in [0.2, 0.25) is 0 Å². The fourth-order valence-corrected chi connectivity index (χ4v) is 2.53. The molecule has 2 heteroatoms. The maximum atomic E-state index is 3.51. The summed E-state index contributed by atoms with van der Waals surface area (Å²) in [4.78, 5) is 1.42. The Morgan fingerprint density at radius 2 is 1.88 bits per heavy atom. The molecule has 1 heterocycles. The van der Waals surface area contributed by atoms with Crippen molar-refractivity contribution in [2.75, 3.05) is 5.32 Å². The van der Waals surface area contributed by atoms with Crippen LogP contribution in [0.25, 0.3) is 0 Å². The number of aryl methyl sites for hydroxylation is 3. The van der Waals surface area contributed by atoms with Crippen molar-refractivity contribution in [3.8, 4) is 0 Å². The van der Waals surface area contributed by atoms with Crippen LogP contribution in [0.15, 0.2) is 29.6 Å². The molecular formula is C14H17NS. The Bertz CT molecular complexity index is 485. The Labute approximate surface area is 101 Å². The van der Waals surface area contributed by atoms with E-state index in [0.717, 1.165) is 6.54 Å². The SMILES string of the molecule is Cc1ccc(C)c(NCc2sccc2C)c1. The van der Waals surface area contributed by atoms with Gasteiger partial charge in [-0.25, -0.2) is 0 Å². The molecule has 0 aliphatic carbocycles. The van der Waals surface area contributed by atoms with E-state index >= 15 is 0 Å². The largest absolute Gasteiger partial charge is 0.380 e. The van der Waals surface area contributed by atoms with E-state index in [0.29, 0.717) is 0 Å². The third-order valence-corrected chi connectivity index (χ3v) is 3.82. The van der Waals surface area contributed by atoms with Crippen LogP contribution in [0, 0.1) is 20.8 Å². The summed E-state index contributed by atoms with van der Waals surface area (Å²) >= 11 is 1.82. The van der Waals surface area contributed by atoms with E-state index in [1.54, 1.807) is 0 Å². The second-order valence-corrected chi connectivity index (χ2v) is 5.20. The van der Waals surface area contributed by atoms with E-state index in [1.165, 1.54) is 27.3 Å². The molecule has 16 heavy (non-hydrogen) atoms. The van der Waals surface area contributed by atoms with Crippen LogP contribution in [-0.4, -0.2) is 0 Å². The van der Waals surface area contributed by atoms with Gasteiger partial charge in [0.05, 0.1) is 0 Å². The van der Waals surface area contributed by atoms with E-state index < -0.39 is 0 Å². The van der Waals surface area contributed by atoms with Crippen LogP contribution in [-0.2, 0) is 6.54 Å². The van der Waals surface area contributed by atoms with Gasteiger partial charge in [-0.3, -0.25) is 0 Å². The Hall–Kier alpha value is -1.28.